The van der Waals surface area contributed by atoms with E-state index in [4.69, 9.17) is 4.98 Å². The standard InChI is InChI=1S/C14H22N2OS/c1-3-8-12-13(11(2)17)18-14(15-12)16-9-6-4-5-7-10-16/h3-10H2,1-2H3. The largest absolute Gasteiger partial charge is 0.348 e. The van der Waals surface area contributed by atoms with Crippen molar-refractivity contribution in [2.24, 2.45) is 0 Å². The lowest BCUT2D eigenvalue weighted by atomic mass is 10.2. The molecule has 0 aromatic carbocycles. The van der Waals surface area contributed by atoms with Gasteiger partial charge in [-0.2, -0.15) is 0 Å². The maximum atomic E-state index is 11.7. The van der Waals surface area contributed by atoms with Gasteiger partial charge >= 0.3 is 0 Å². The molecule has 0 spiro atoms. The monoisotopic (exact) mass is 266 g/mol. The molecule has 0 bridgehead atoms. The number of carbonyl (C=O) groups is 1. The Kier molecular flexibility index (Phi) is 4.75. The van der Waals surface area contributed by atoms with Crippen molar-refractivity contribution in [1.29, 1.82) is 0 Å². The first-order valence-electron chi connectivity index (χ1n) is 6.98. The van der Waals surface area contributed by atoms with Crippen molar-refractivity contribution in [3.8, 4) is 0 Å². The Morgan fingerprint density at radius 3 is 2.50 bits per heavy atom. The third-order valence-corrected chi connectivity index (χ3v) is 4.63. The highest BCUT2D eigenvalue weighted by molar-refractivity contribution is 7.17. The van der Waals surface area contributed by atoms with Crippen LogP contribution in [0.3, 0.4) is 0 Å². The van der Waals surface area contributed by atoms with Gasteiger partial charge in [-0.1, -0.05) is 37.5 Å². The van der Waals surface area contributed by atoms with Crippen LogP contribution < -0.4 is 4.90 Å². The number of Topliss-reactive ketones (excluding diaryl/α,β-unsaturated/α-hetero) is 1. The minimum absolute atomic E-state index is 0.164. The first-order chi connectivity index (χ1) is 8.72. The van der Waals surface area contributed by atoms with Gasteiger partial charge in [0.15, 0.2) is 10.9 Å². The molecular formula is C14H22N2OS. The molecule has 0 amide bonds. The molecule has 0 radical (unpaired) electrons. The normalized spacial score (nSPS) is 16.7. The van der Waals surface area contributed by atoms with Gasteiger partial charge in [-0.3, -0.25) is 4.79 Å². The Labute approximate surface area is 113 Å². The second-order valence-electron chi connectivity index (χ2n) is 4.98. The summed E-state index contributed by atoms with van der Waals surface area (Å²) in [7, 11) is 0. The van der Waals surface area contributed by atoms with Gasteiger partial charge in [0.1, 0.15) is 0 Å². The molecule has 1 saturated heterocycles. The van der Waals surface area contributed by atoms with Crippen LogP contribution in [0.4, 0.5) is 5.13 Å². The summed E-state index contributed by atoms with van der Waals surface area (Å²) < 4.78 is 0. The van der Waals surface area contributed by atoms with Gasteiger partial charge in [-0.15, -0.1) is 0 Å². The molecule has 0 aliphatic carbocycles. The van der Waals surface area contributed by atoms with Gasteiger partial charge in [-0.25, -0.2) is 4.98 Å². The maximum Gasteiger partial charge on any atom is 0.186 e. The summed E-state index contributed by atoms with van der Waals surface area (Å²) >= 11 is 1.59. The first-order valence-corrected chi connectivity index (χ1v) is 7.79. The van der Waals surface area contributed by atoms with E-state index >= 15 is 0 Å². The number of aryl methyl sites for hydroxylation is 1. The molecule has 2 heterocycles. The van der Waals surface area contributed by atoms with Gasteiger partial charge < -0.3 is 4.90 Å². The Bertz CT molecular complexity index is 406. The fourth-order valence-corrected chi connectivity index (χ4v) is 3.48. The number of aromatic nitrogens is 1. The topological polar surface area (TPSA) is 33.2 Å². The number of ketones is 1. The van der Waals surface area contributed by atoms with Gasteiger partial charge in [0.25, 0.3) is 0 Å². The van der Waals surface area contributed by atoms with Crippen LogP contribution >= 0.6 is 11.3 Å². The van der Waals surface area contributed by atoms with Crippen LogP contribution in [0, 0.1) is 0 Å². The molecule has 0 N–H and O–H groups in total. The molecule has 4 heteroatoms. The zero-order chi connectivity index (χ0) is 13.0. The van der Waals surface area contributed by atoms with Crippen LogP contribution in [0.1, 0.15) is 61.3 Å². The van der Waals surface area contributed by atoms with Crippen molar-refractivity contribution in [3.63, 3.8) is 0 Å². The quantitative estimate of drug-likeness (QED) is 0.779. The summed E-state index contributed by atoms with van der Waals surface area (Å²) in [6.07, 6.45) is 7.10. The Morgan fingerprint density at radius 1 is 1.28 bits per heavy atom. The van der Waals surface area contributed by atoms with E-state index < -0.39 is 0 Å². The molecule has 100 valence electrons. The van der Waals surface area contributed by atoms with Crippen molar-refractivity contribution in [1.82, 2.24) is 4.98 Å². The number of thiazole rings is 1. The third-order valence-electron chi connectivity index (χ3n) is 3.37. The van der Waals surface area contributed by atoms with Gasteiger partial charge in [0.05, 0.1) is 10.6 Å². The SMILES string of the molecule is CCCc1nc(N2CCCCCC2)sc1C(C)=O. The number of rotatable bonds is 4. The number of anilines is 1. The van der Waals surface area contributed by atoms with Crippen molar-refractivity contribution >= 4 is 22.3 Å². The number of carbonyl (C=O) groups excluding carboxylic acids is 1. The zero-order valence-electron chi connectivity index (χ0n) is 11.4. The summed E-state index contributed by atoms with van der Waals surface area (Å²) in [6.45, 7) is 5.97. The molecule has 0 saturated carbocycles. The van der Waals surface area contributed by atoms with E-state index in [1.165, 1.54) is 25.7 Å². The number of hydrogen-bond donors (Lipinski definition) is 0. The molecule has 0 atom stereocenters. The minimum atomic E-state index is 0.164. The summed E-state index contributed by atoms with van der Waals surface area (Å²) in [6, 6.07) is 0. The van der Waals surface area contributed by atoms with E-state index in [2.05, 4.69) is 11.8 Å². The predicted molar refractivity (Wildman–Crippen MR) is 76.8 cm³/mol. The molecule has 1 aromatic heterocycles. The van der Waals surface area contributed by atoms with Gasteiger partial charge in [-0.05, 0) is 19.3 Å². The average Bonchev–Trinajstić information content (AvgIpc) is 2.59. The van der Waals surface area contributed by atoms with E-state index in [1.54, 1.807) is 18.3 Å². The molecule has 2 rings (SSSR count). The number of nitrogens with zero attached hydrogens (tertiary/aromatic N) is 2. The molecule has 1 aliphatic heterocycles. The Morgan fingerprint density at radius 2 is 1.94 bits per heavy atom. The van der Waals surface area contributed by atoms with Crippen LogP contribution in [-0.4, -0.2) is 23.9 Å². The molecule has 1 aromatic rings. The van der Waals surface area contributed by atoms with Crippen molar-refractivity contribution in [2.45, 2.75) is 52.4 Å². The second-order valence-corrected chi connectivity index (χ2v) is 5.96. The van der Waals surface area contributed by atoms with Gasteiger partial charge in [0.2, 0.25) is 0 Å². The van der Waals surface area contributed by atoms with Crippen LogP contribution in [0.25, 0.3) is 0 Å². The number of hydrogen-bond acceptors (Lipinski definition) is 4. The fourth-order valence-electron chi connectivity index (χ4n) is 2.42. The highest BCUT2D eigenvalue weighted by Crippen LogP contribution is 2.29. The van der Waals surface area contributed by atoms with Crippen molar-refractivity contribution < 1.29 is 4.79 Å². The highest BCUT2D eigenvalue weighted by atomic mass is 32.1. The van der Waals surface area contributed by atoms with Crippen LogP contribution in [0.15, 0.2) is 0 Å². The Balaban J connectivity index is 2.21. The fraction of sp³-hybridized carbons (Fsp3) is 0.714. The lowest BCUT2D eigenvalue weighted by Gasteiger charge is -2.18. The summed E-state index contributed by atoms with van der Waals surface area (Å²) in [5.74, 6) is 0.164. The molecule has 1 aliphatic rings. The molecular weight excluding hydrogens is 244 g/mol. The van der Waals surface area contributed by atoms with Gasteiger partial charge in [0, 0.05) is 20.0 Å². The highest BCUT2D eigenvalue weighted by Gasteiger charge is 2.19. The predicted octanol–water partition coefficient (Wildman–Crippen LogP) is 3.68. The van der Waals surface area contributed by atoms with E-state index in [9.17, 15) is 4.79 Å². The van der Waals surface area contributed by atoms with Crippen LogP contribution in [0.5, 0.6) is 0 Å². The van der Waals surface area contributed by atoms with Crippen molar-refractivity contribution in [2.75, 3.05) is 18.0 Å². The lowest BCUT2D eigenvalue weighted by Crippen LogP contribution is -2.23. The lowest BCUT2D eigenvalue weighted by molar-refractivity contribution is 0.102. The summed E-state index contributed by atoms with van der Waals surface area (Å²) in [4.78, 5) is 19.6. The Hall–Kier alpha value is -0.900. The van der Waals surface area contributed by atoms with Crippen molar-refractivity contribution in [3.05, 3.63) is 10.6 Å². The molecule has 1 fully saturated rings. The van der Waals surface area contributed by atoms with Crippen LogP contribution in [-0.2, 0) is 6.42 Å². The first kappa shape index (κ1) is 13.5. The molecule has 3 nitrogen and oxygen atoms in total. The summed E-state index contributed by atoms with van der Waals surface area (Å²) in [5.41, 5.74) is 1.01. The summed E-state index contributed by atoms with van der Waals surface area (Å²) in [5, 5.41) is 1.06. The van der Waals surface area contributed by atoms with E-state index in [0.29, 0.717) is 0 Å². The minimum Gasteiger partial charge on any atom is -0.348 e. The second kappa shape index (κ2) is 6.32. The smallest absolute Gasteiger partial charge is 0.186 e. The zero-order valence-corrected chi connectivity index (χ0v) is 12.2. The third kappa shape index (κ3) is 3.10. The molecule has 18 heavy (non-hydrogen) atoms. The maximum absolute atomic E-state index is 11.7. The van der Waals surface area contributed by atoms with E-state index in [-0.39, 0.29) is 5.78 Å². The van der Waals surface area contributed by atoms with Crippen LogP contribution in [0.2, 0.25) is 0 Å². The average molecular weight is 266 g/mol. The molecule has 0 unspecified atom stereocenters. The van der Waals surface area contributed by atoms with E-state index in [0.717, 1.165) is 41.6 Å². The van der Waals surface area contributed by atoms with E-state index in [1.807, 2.05) is 0 Å².